The highest BCUT2D eigenvalue weighted by Gasteiger charge is 2.44. The third-order valence-electron chi connectivity index (χ3n) is 2.89. The number of thiocarbonyl (C=S) groups is 1. The van der Waals surface area contributed by atoms with Gasteiger partial charge in [0.15, 0.2) is 5.11 Å². The number of rotatable bonds is 4. The molecule has 0 aromatic heterocycles. The molecule has 0 radical (unpaired) electrons. The van der Waals surface area contributed by atoms with Gasteiger partial charge in [0.05, 0.1) is 5.71 Å². The van der Waals surface area contributed by atoms with E-state index < -0.39 is 11.1 Å². The van der Waals surface area contributed by atoms with Crippen LogP contribution in [0.15, 0.2) is 41.0 Å². The van der Waals surface area contributed by atoms with Crippen molar-refractivity contribution in [3.63, 3.8) is 0 Å². The van der Waals surface area contributed by atoms with E-state index in [0.29, 0.717) is 5.71 Å². The van der Waals surface area contributed by atoms with E-state index in [9.17, 15) is 10.5 Å². The van der Waals surface area contributed by atoms with Gasteiger partial charge in [-0.3, -0.25) is 5.41 Å². The highest BCUT2D eigenvalue weighted by molar-refractivity contribution is 7.80. The number of hydrazone groups is 1. The molecule has 1 aromatic carbocycles. The number of nitrogens with two attached hydrogens (primary N) is 1. The Bertz CT molecular complexity index is 800. The summed E-state index contributed by atoms with van der Waals surface area (Å²) in [6.07, 6.45) is 0. The summed E-state index contributed by atoms with van der Waals surface area (Å²) in [5.41, 5.74) is 3.92. The Balaban J connectivity index is 3.56. The zero-order chi connectivity index (χ0) is 17.5. The van der Waals surface area contributed by atoms with Crippen molar-refractivity contribution in [3.8, 4) is 18.2 Å². The molecule has 0 amide bonds. The molecule has 0 aliphatic heterocycles. The van der Waals surface area contributed by atoms with E-state index in [0.717, 1.165) is 10.6 Å². The van der Waals surface area contributed by atoms with E-state index in [-0.39, 0.29) is 5.11 Å². The Kier molecular flexibility index (Phi) is 5.72. The van der Waals surface area contributed by atoms with E-state index in [1.165, 1.54) is 0 Å². The van der Waals surface area contributed by atoms with Crippen molar-refractivity contribution in [1.82, 2.24) is 5.01 Å². The van der Waals surface area contributed by atoms with Crippen molar-refractivity contribution in [2.24, 2.45) is 10.8 Å². The molecule has 112 valence electrons. The molecule has 0 aliphatic rings. The Labute approximate surface area is 138 Å². The summed E-state index contributed by atoms with van der Waals surface area (Å²) in [6, 6.07) is 13.8. The molecule has 8 heteroatoms. The maximum absolute atomic E-state index is 9.42. The van der Waals surface area contributed by atoms with Crippen LogP contribution in [-0.2, 0) is 0 Å². The van der Waals surface area contributed by atoms with Crippen LogP contribution in [0.3, 0.4) is 0 Å². The van der Waals surface area contributed by atoms with Crippen LogP contribution in [0, 0.1) is 39.4 Å². The van der Waals surface area contributed by atoms with Crippen LogP contribution < -0.4 is 5.73 Å². The first-order chi connectivity index (χ1) is 11.0. The Morgan fingerprint density at radius 2 is 1.83 bits per heavy atom. The second kappa shape index (κ2) is 7.49. The molecule has 0 saturated carbocycles. The number of hydrogen-bond acceptors (Lipinski definition) is 6. The average molecular weight is 321 g/mol. The Hall–Kier alpha value is -3.50. The molecule has 0 saturated heterocycles. The second-order valence-electron chi connectivity index (χ2n) is 4.25. The van der Waals surface area contributed by atoms with Crippen molar-refractivity contribution in [2.75, 3.05) is 0 Å². The summed E-state index contributed by atoms with van der Waals surface area (Å²) in [4.78, 5) is 0. The molecule has 1 rings (SSSR count). The predicted octanol–water partition coefficient (Wildman–Crippen LogP) is 1.44. The molecule has 1 aromatic rings. The number of nitrogens with zero attached hydrogens (tertiary/aromatic N) is 5. The fourth-order valence-corrected chi connectivity index (χ4v) is 1.89. The minimum absolute atomic E-state index is 0.383. The minimum atomic E-state index is -2.25. The molecule has 0 spiro atoms. The average Bonchev–Trinajstić information content (AvgIpc) is 2.58. The van der Waals surface area contributed by atoms with Gasteiger partial charge in [0.2, 0.25) is 0 Å². The highest BCUT2D eigenvalue weighted by Crippen LogP contribution is 2.23. The second-order valence-corrected chi connectivity index (χ2v) is 4.67. The lowest BCUT2D eigenvalue weighted by atomic mass is 9.94. The van der Waals surface area contributed by atoms with Gasteiger partial charge in [0.25, 0.3) is 5.54 Å². The molecule has 0 aliphatic carbocycles. The molecule has 7 nitrogen and oxygen atoms in total. The van der Waals surface area contributed by atoms with Crippen LogP contribution in [0.5, 0.6) is 0 Å². The van der Waals surface area contributed by atoms with E-state index >= 15 is 0 Å². The van der Waals surface area contributed by atoms with Crippen LogP contribution in [0.1, 0.15) is 12.5 Å². The topological polar surface area (TPSA) is 137 Å². The molecule has 0 bridgehead atoms. The van der Waals surface area contributed by atoms with Crippen LogP contribution in [0.4, 0.5) is 0 Å². The Morgan fingerprint density at radius 1 is 1.26 bits per heavy atom. The molecule has 0 atom stereocenters. The van der Waals surface area contributed by atoms with Gasteiger partial charge in [-0.2, -0.15) is 25.9 Å². The standard InChI is InChI=1S/C15H11N7S/c1-11(12-5-3-2-4-6-12)21-22(14(20)23)15(9-18,10-19)13(7-16)8-17/h2-6,16H,1H3,(H2,20,23)/b21-11-. The van der Waals surface area contributed by atoms with Gasteiger partial charge in [-0.25, -0.2) is 0 Å². The van der Waals surface area contributed by atoms with E-state index in [4.69, 9.17) is 28.6 Å². The molecule has 0 fully saturated rings. The van der Waals surface area contributed by atoms with Gasteiger partial charge in [0.1, 0.15) is 23.8 Å². The summed E-state index contributed by atoms with van der Waals surface area (Å²) in [5, 5.41) is 39.5. The first-order valence-electron chi connectivity index (χ1n) is 6.20. The van der Waals surface area contributed by atoms with Crippen molar-refractivity contribution >= 4 is 28.9 Å². The highest BCUT2D eigenvalue weighted by atomic mass is 32.1. The first-order valence-corrected chi connectivity index (χ1v) is 6.60. The summed E-state index contributed by atoms with van der Waals surface area (Å²) in [6.45, 7) is 1.64. The SMILES string of the molecule is C/C(=N/N(C(N)=S)C(C#N)(C#N)C(=C=N)C#N)c1ccccc1. The van der Waals surface area contributed by atoms with Gasteiger partial charge >= 0.3 is 0 Å². The van der Waals surface area contributed by atoms with Gasteiger partial charge < -0.3 is 5.73 Å². The number of nitrogens with one attached hydrogen (secondary N) is 1. The number of hydrogen-bond donors (Lipinski definition) is 2. The van der Waals surface area contributed by atoms with Crippen molar-refractivity contribution < 1.29 is 0 Å². The monoisotopic (exact) mass is 321 g/mol. The van der Waals surface area contributed by atoms with E-state index in [1.807, 2.05) is 6.07 Å². The largest absolute Gasteiger partial charge is 0.375 e. The van der Waals surface area contributed by atoms with Crippen molar-refractivity contribution in [3.05, 3.63) is 41.5 Å². The first kappa shape index (κ1) is 17.6. The van der Waals surface area contributed by atoms with Gasteiger partial charge in [0, 0.05) is 0 Å². The zero-order valence-electron chi connectivity index (χ0n) is 12.1. The van der Waals surface area contributed by atoms with Crippen LogP contribution in [0.2, 0.25) is 0 Å². The van der Waals surface area contributed by atoms with Crippen molar-refractivity contribution in [2.45, 2.75) is 12.5 Å². The molecular formula is C15H11N7S. The van der Waals surface area contributed by atoms with Gasteiger partial charge in [-0.1, -0.05) is 30.3 Å². The lowest BCUT2D eigenvalue weighted by Crippen LogP contribution is -2.51. The van der Waals surface area contributed by atoms with E-state index in [2.05, 4.69) is 5.10 Å². The summed E-state index contributed by atoms with van der Waals surface area (Å²) in [5.74, 6) is 1.78. The number of nitriles is 3. The lowest BCUT2D eigenvalue weighted by molar-refractivity contribution is 0.361. The minimum Gasteiger partial charge on any atom is -0.375 e. The van der Waals surface area contributed by atoms with Crippen LogP contribution in [-0.4, -0.2) is 27.2 Å². The molecule has 23 heavy (non-hydrogen) atoms. The maximum Gasteiger partial charge on any atom is 0.279 e. The fourth-order valence-electron chi connectivity index (χ4n) is 1.71. The quantitative estimate of drug-likeness (QED) is 0.372. The molecule has 0 heterocycles. The summed E-state index contributed by atoms with van der Waals surface area (Å²) in [7, 11) is 0. The van der Waals surface area contributed by atoms with Gasteiger partial charge in [-0.05, 0) is 30.6 Å². The molecule has 3 N–H and O–H groups in total. The third-order valence-corrected chi connectivity index (χ3v) is 3.06. The van der Waals surface area contributed by atoms with Gasteiger partial charge in [-0.15, -0.1) is 0 Å². The summed E-state index contributed by atoms with van der Waals surface area (Å²) >= 11 is 4.86. The number of benzene rings is 1. The summed E-state index contributed by atoms with van der Waals surface area (Å²) < 4.78 is 0. The van der Waals surface area contributed by atoms with Crippen LogP contribution in [0.25, 0.3) is 0 Å². The smallest absolute Gasteiger partial charge is 0.279 e. The lowest BCUT2D eigenvalue weighted by Gasteiger charge is -2.28. The predicted molar refractivity (Wildman–Crippen MR) is 88.1 cm³/mol. The van der Waals surface area contributed by atoms with Crippen molar-refractivity contribution in [1.29, 1.82) is 21.2 Å². The zero-order valence-corrected chi connectivity index (χ0v) is 12.9. The normalized spacial score (nSPS) is 10.4. The Morgan fingerprint density at radius 3 is 2.22 bits per heavy atom. The van der Waals surface area contributed by atoms with Crippen LogP contribution >= 0.6 is 12.2 Å². The third kappa shape index (κ3) is 3.40. The maximum atomic E-state index is 9.42. The van der Waals surface area contributed by atoms with E-state index in [1.54, 1.807) is 55.3 Å². The molecule has 0 unspecified atom stereocenters. The fraction of sp³-hybridized carbons (Fsp3) is 0.133. The molecular weight excluding hydrogens is 310 g/mol.